The summed E-state index contributed by atoms with van der Waals surface area (Å²) in [6.07, 6.45) is 2.43. The molecule has 0 amide bonds. The van der Waals surface area contributed by atoms with Gasteiger partial charge < -0.3 is 14.6 Å². The van der Waals surface area contributed by atoms with Crippen LogP contribution in [0.3, 0.4) is 0 Å². The zero-order chi connectivity index (χ0) is 12.0. The lowest BCUT2D eigenvalue weighted by Gasteiger charge is -2.22. The van der Waals surface area contributed by atoms with Crippen molar-refractivity contribution in [1.82, 2.24) is 4.98 Å². The average molecular weight is 225 g/mol. The van der Waals surface area contributed by atoms with Crippen molar-refractivity contribution in [2.45, 2.75) is 32.5 Å². The van der Waals surface area contributed by atoms with Crippen molar-refractivity contribution >= 4 is 0 Å². The molecule has 0 saturated heterocycles. The van der Waals surface area contributed by atoms with Crippen molar-refractivity contribution in [3.63, 3.8) is 0 Å². The molecule has 1 rings (SSSR count). The Bertz CT molecular complexity index is 309. The molecule has 90 valence electrons. The van der Waals surface area contributed by atoms with Crippen molar-refractivity contribution in [2.75, 3.05) is 13.7 Å². The summed E-state index contributed by atoms with van der Waals surface area (Å²) in [6, 6.07) is 3.55. The summed E-state index contributed by atoms with van der Waals surface area (Å²) in [4.78, 5) is 4.03. The molecule has 1 aromatic heterocycles. The Morgan fingerprint density at radius 3 is 2.62 bits per heavy atom. The van der Waals surface area contributed by atoms with E-state index in [-0.39, 0.29) is 12.2 Å². The summed E-state index contributed by atoms with van der Waals surface area (Å²) in [7, 11) is 1.69. The fraction of sp³-hybridized carbons (Fsp3) is 0.583. The molecule has 1 N–H and O–H groups in total. The summed E-state index contributed by atoms with van der Waals surface area (Å²) in [5.74, 6) is 0.712. The van der Waals surface area contributed by atoms with Gasteiger partial charge in [0, 0.05) is 13.5 Å². The number of hydrogen-bond donors (Lipinski definition) is 1. The second-order valence-electron chi connectivity index (χ2n) is 4.21. The second kappa shape index (κ2) is 5.82. The molecule has 1 aromatic rings. The molecule has 0 spiro atoms. The SMILES string of the molecule is COC(C)(C)CCOc1ccc(CO)nc1. The summed E-state index contributed by atoms with van der Waals surface area (Å²) < 4.78 is 10.8. The first-order valence-electron chi connectivity index (χ1n) is 5.31. The highest BCUT2D eigenvalue weighted by Gasteiger charge is 2.15. The lowest BCUT2D eigenvalue weighted by molar-refractivity contribution is 0.00542. The molecule has 0 aliphatic rings. The molecule has 0 aliphatic heterocycles. The fourth-order valence-corrected chi connectivity index (χ4v) is 1.11. The summed E-state index contributed by atoms with van der Waals surface area (Å²) in [5.41, 5.74) is 0.475. The Morgan fingerprint density at radius 1 is 1.38 bits per heavy atom. The zero-order valence-corrected chi connectivity index (χ0v) is 10.1. The van der Waals surface area contributed by atoms with Crippen molar-refractivity contribution in [2.24, 2.45) is 0 Å². The van der Waals surface area contributed by atoms with Crippen LogP contribution in [0.25, 0.3) is 0 Å². The van der Waals surface area contributed by atoms with Crippen molar-refractivity contribution in [3.8, 4) is 5.75 Å². The van der Waals surface area contributed by atoms with E-state index < -0.39 is 0 Å². The van der Waals surface area contributed by atoms with E-state index in [2.05, 4.69) is 4.98 Å². The largest absolute Gasteiger partial charge is 0.492 e. The van der Waals surface area contributed by atoms with Crippen LogP contribution in [0.15, 0.2) is 18.3 Å². The number of rotatable bonds is 6. The Kier molecular flexibility index (Phi) is 4.71. The number of nitrogens with zero attached hydrogens (tertiary/aromatic N) is 1. The Labute approximate surface area is 96.2 Å². The van der Waals surface area contributed by atoms with Gasteiger partial charge in [-0.25, -0.2) is 0 Å². The number of ether oxygens (including phenoxy) is 2. The van der Waals surface area contributed by atoms with Gasteiger partial charge in [-0.2, -0.15) is 0 Å². The van der Waals surface area contributed by atoms with E-state index in [0.717, 1.165) is 6.42 Å². The van der Waals surface area contributed by atoms with Gasteiger partial charge in [0.1, 0.15) is 5.75 Å². The zero-order valence-electron chi connectivity index (χ0n) is 10.1. The number of methoxy groups -OCH3 is 1. The molecule has 0 radical (unpaired) electrons. The molecule has 0 atom stereocenters. The van der Waals surface area contributed by atoms with E-state index >= 15 is 0 Å². The first-order chi connectivity index (χ1) is 7.57. The van der Waals surface area contributed by atoms with E-state index in [1.165, 1.54) is 0 Å². The van der Waals surface area contributed by atoms with Crippen LogP contribution < -0.4 is 4.74 Å². The number of hydrogen-bond acceptors (Lipinski definition) is 4. The predicted octanol–water partition coefficient (Wildman–Crippen LogP) is 1.77. The first kappa shape index (κ1) is 12.9. The van der Waals surface area contributed by atoms with Gasteiger partial charge in [-0.3, -0.25) is 4.98 Å². The third-order valence-corrected chi connectivity index (χ3v) is 2.49. The van der Waals surface area contributed by atoms with Gasteiger partial charge in [0.15, 0.2) is 0 Å². The molecule has 0 unspecified atom stereocenters. The van der Waals surface area contributed by atoms with Crippen molar-refractivity contribution < 1.29 is 14.6 Å². The molecule has 1 heterocycles. The molecule has 4 heteroatoms. The number of aromatic nitrogens is 1. The van der Waals surface area contributed by atoms with E-state index in [0.29, 0.717) is 18.1 Å². The van der Waals surface area contributed by atoms with E-state index in [1.807, 2.05) is 13.8 Å². The standard InChI is InChI=1S/C12H19NO3/c1-12(2,15-3)6-7-16-11-5-4-10(9-14)13-8-11/h4-5,8,14H,6-7,9H2,1-3H3. The maximum atomic E-state index is 8.82. The molecule has 0 saturated carbocycles. The predicted molar refractivity (Wildman–Crippen MR) is 61.4 cm³/mol. The van der Waals surface area contributed by atoms with E-state index in [4.69, 9.17) is 14.6 Å². The molecule has 0 fully saturated rings. The maximum Gasteiger partial charge on any atom is 0.137 e. The minimum atomic E-state index is -0.168. The fourth-order valence-electron chi connectivity index (χ4n) is 1.11. The van der Waals surface area contributed by atoms with Gasteiger partial charge in [-0.1, -0.05) is 0 Å². The first-order valence-corrected chi connectivity index (χ1v) is 5.31. The molecule has 16 heavy (non-hydrogen) atoms. The Balaban J connectivity index is 2.37. The molecule has 0 bridgehead atoms. The topological polar surface area (TPSA) is 51.6 Å². The van der Waals surface area contributed by atoms with Gasteiger partial charge in [0.05, 0.1) is 30.7 Å². The van der Waals surface area contributed by atoms with E-state index in [9.17, 15) is 0 Å². The minimum absolute atomic E-state index is 0.0447. The Morgan fingerprint density at radius 2 is 2.12 bits per heavy atom. The Hall–Kier alpha value is -1.13. The highest BCUT2D eigenvalue weighted by Crippen LogP contribution is 2.15. The smallest absolute Gasteiger partial charge is 0.137 e. The third-order valence-electron chi connectivity index (χ3n) is 2.49. The lowest BCUT2D eigenvalue weighted by atomic mass is 10.1. The number of aliphatic hydroxyl groups is 1. The number of pyridine rings is 1. The highest BCUT2D eigenvalue weighted by atomic mass is 16.5. The van der Waals surface area contributed by atoms with Gasteiger partial charge in [0.25, 0.3) is 0 Å². The van der Waals surface area contributed by atoms with Gasteiger partial charge in [-0.05, 0) is 26.0 Å². The minimum Gasteiger partial charge on any atom is -0.492 e. The molecular weight excluding hydrogens is 206 g/mol. The quantitative estimate of drug-likeness (QED) is 0.801. The van der Waals surface area contributed by atoms with Crippen LogP contribution >= 0.6 is 0 Å². The van der Waals surface area contributed by atoms with Gasteiger partial charge in [0.2, 0.25) is 0 Å². The van der Waals surface area contributed by atoms with E-state index in [1.54, 1.807) is 25.4 Å². The summed E-state index contributed by atoms with van der Waals surface area (Å²) in [6.45, 7) is 4.57. The van der Waals surface area contributed by atoms with Crippen LogP contribution in [-0.4, -0.2) is 29.4 Å². The molecule has 0 aromatic carbocycles. The monoisotopic (exact) mass is 225 g/mol. The normalized spacial score (nSPS) is 11.5. The molecule has 0 aliphatic carbocycles. The van der Waals surface area contributed by atoms with Crippen LogP contribution in [0.2, 0.25) is 0 Å². The van der Waals surface area contributed by atoms with Crippen LogP contribution in [0.5, 0.6) is 5.75 Å². The van der Waals surface area contributed by atoms with Crippen molar-refractivity contribution in [3.05, 3.63) is 24.0 Å². The summed E-state index contributed by atoms with van der Waals surface area (Å²) in [5, 5.41) is 8.82. The molecular formula is C12H19NO3. The number of aliphatic hydroxyl groups excluding tert-OH is 1. The summed E-state index contributed by atoms with van der Waals surface area (Å²) >= 11 is 0. The molecule has 4 nitrogen and oxygen atoms in total. The van der Waals surface area contributed by atoms with Crippen LogP contribution in [0.4, 0.5) is 0 Å². The van der Waals surface area contributed by atoms with Gasteiger partial charge in [-0.15, -0.1) is 0 Å². The van der Waals surface area contributed by atoms with Crippen molar-refractivity contribution in [1.29, 1.82) is 0 Å². The second-order valence-corrected chi connectivity index (χ2v) is 4.21. The van der Waals surface area contributed by atoms with Crippen LogP contribution in [0, 0.1) is 0 Å². The van der Waals surface area contributed by atoms with Crippen LogP contribution in [-0.2, 0) is 11.3 Å². The van der Waals surface area contributed by atoms with Crippen LogP contribution in [0.1, 0.15) is 26.0 Å². The lowest BCUT2D eigenvalue weighted by Crippen LogP contribution is -2.25. The average Bonchev–Trinajstić information content (AvgIpc) is 2.30. The maximum absolute atomic E-state index is 8.82. The highest BCUT2D eigenvalue weighted by molar-refractivity contribution is 5.19. The third kappa shape index (κ3) is 4.16. The van der Waals surface area contributed by atoms with Gasteiger partial charge >= 0.3 is 0 Å².